The van der Waals surface area contributed by atoms with Crippen LogP contribution in [0.4, 0.5) is 0 Å². The minimum absolute atomic E-state index is 0.0331. The number of benzene rings is 3. The number of nitrogens with zero attached hydrogens (tertiary/aromatic N) is 3. The van der Waals surface area contributed by atoms with Crippen molar-refractivity contribution in [3.63, 3.8) is 0 Å². The quantitative estimate of drug-likeness (QED) is 0.279. The van der Waals surface area contributed by atoms with Crippen molar-refractivity contribution in [3.05, 3.63) is 93.0 Å². The van der Waals surface area contributed by atoms with E-state index in [1.54, 1.807) is 25.3 Å². The van der Waals surface area contributed by atoms with Crippen LogP contribution in [0, 0.1) is 0 Å². The molecule has 0 radical (unpaired) electrons. The van der Waals surface area contributed by atoms with E-state index in [-0.39, 0.29) is 6.42 Å². The zero-order chi connectivity index (χ0) is 24.5. The van der Waals surface area contributed by atoms with Gasteiger partial charge in [-0.3, -0.25) is 0 Å². The van der Waals surface area contributed by atoms with Gasteiger partial charge in [-0.05, 0) is 69.8 Å². The van der Waals surface area contributed by atoms with Crippen molar-refractivity contribution in [2.24, 2.45) is 0 Å². The normalized spacial score (nSPS) is 14.0. The molecular weight excluding hydrogens is 485 g/mol. The lowest BCUT2D eigenvalue weighted by Crippen LogP contribution is -2.21. The first-order chi connectivity index (χ1) is 17.0. The molecule has 35 heavy (non-hydrogen) atoms. The summed E-state index contributed by atoms with van der Waals surface area (Å²) < 4.78 is 5.68. The number of carbonyl (C=O) groups excluding carboxylic acids is 1. The van der Waals surface area contributed by atoms with E-state index in [9.17, 15) is 4.79 Å². The van der Waals surface area contributed by atoms with Crippen molar-refractivity contribution >= 4 is 57.4 Å². The van der Waals surface area contributed by atoms with E-state index in [0.29, 0.717) is 33.2 Å². The van der Waals surface area contributed by atoms with Crippen LogP contribution in [0.2, 0.25) is 10.0 Å². The van der Waals surface area contributed by atoms with Crippen LogP contribution in [-0.4, -0.2) is 28.2 Å². The summed E-state index contributed by atoms with van der Waals surface area (Å²) in [5.74, 6) is 0.226. The molecule has 1 aromatic heterocycles. The number of hydrogen-bond donors (Lipinski definition) is 0. The highest BCUT2D eigenvalue weighted by Crippen LogP contribution is 2.49. The van der Waals surface area contributed by atoms with Crippen molar-refractivity contribution in [2.75, 3.05) is 7.11 Å². The molecule has 0 unspecified atom stereocenters. The summed E-state index contributed by atoms with van der Waals surface area (Å²) in [6.45, 7) is 2.05. The summed E-state index contributed by atoms with van der Waals surface area (Å²) in [5.41, 5.74) is 6.73. The molecule has 0 amide bonds. The fourth-order valence-corrected chi connectivity index (χ4v) is 4.81. The predicted octanol–water partition coefficient (Wildman–Crippen LogP) is 6.51. The number of rotatable bonds is 6. The lowest BCUT2D eigenvalue weighted by molar-refractivity contribution is -0.144. The van der Waals surface area contributed by atoms with Gasteiger partial charge in [-0.2, -0.15) is 0 Å². The molecule has 5 rings (SSSR count). The SMILES string of the molecule is CCC1=C(CC(=O)On2nnc3ccccc32)c2c(OC)cccc2/C1=C\c1cccc(Cl)c1Cl. The molecule has 0 spiro atoms. The van der Waals surface area contributed by atoms with Gasteiger partial charge in [0.2, 0.25) is 0 Å². The van der Waals surface area contributed by atoms with E-state index >= 15 is 0 Å². The van der Waals surface area contributed by atoms with Crippen LogP contribution < -0.4 is 9.57 Å². The zero-order valence-electron chi connectivity index (χ0n) is 19.1. The Hall–Kier alpha value is -3.61. The number of ether oxygens (including phenoxy) is 1. The molecule has 0 bridgehead atoms. The molecule has 1 heterocycles. The molecule has 0 N–H and O–H groups in total. The van der Waals surface area contributed by atoms with Crippen LogP contribution in [0.3, 0.4) is 0 Å². The average Bonchev–Trinajstić information content (AvgIpc) is 3.40. The van der Waals surface area contributed by atoms with E-state index < -0.39 is 5.97 Å². The maximum Gasteiger partial charge on any atom is 0.339 e. The summed E-state index contributed by atoms with van der Waals surface area (Å²) in [7, 11) is 1.62. The van der Waals surface area contributed by atoms with Crippen LogP contribution in [0.5, 0.6) is 5.75 Å². The van der Waals surface area contributed by atoms with Gasteiger partial charge in [0.15, 0.2) is 0 Å². The first-order valence-corrected chi connectivity index (χ1v) is 11.8. The third kappa shape index (κ3) is 4.20. The van der Waals surface area contributed by atoms with Gasteiger partial charge < -0.3 is 9.57 Å². The van der Waals surface area contributed by atoms with Gasteiger partial charge in [-0.1, -0.05) is 71.4 Å². The highest BCUT2D eigenvalue weighted by Gasteiger charge is 2.30. The molecule has 0 fully saturated rings. The minimum atomic E-state index is -0.458. The van der Waals surface area contributed by atoms with Gasteiger partial charge in [0.25, 0.3) is 0 Å². The molecule has 0 saturated carbocycles. The average molecular weight is 506 g/mol. The number of carbonyl (C=O) groups is 1. The number of fused-ring (bicyclic) bond motifs is 2. The molecule has 8 heteroatoms. The predicted molar refractivity (Wildman–Crippen MR) is 138 cm³/mol. The smallest absolute Gasteiger partial charge is 0.339 e. The van der Waals surface area contributed by atoms with Crippen LogP contribution in [-0.2, 0) is 4.79 Å². The maximum atomic E-state index is 13.1. The number of allylic oxidation sites excluding steroid dienone is 2. The molecule has 0 atom stereocenters. The summed E-state index contributed by atoms with van der Waals surface area (Å²) in [6, 6.07) is 18.6. The summed E-state index contributed by atoms with van der Waals surface area (Å²) in [6.07, 6.45) is 2.73. The van der Waals surface area contributed by atoms with Crippen molar-refractivity contribution in [3.8, 4) is 5.75 Å². The second-order valence-corrected chi connectivity index (χ2v) is 8.77. The summed E-state index contributed by atoms with van der Waals surface area (Å²) in [4.78, 5) is 19.8. The standard InChI is InChI=1S/C27H21Cl2N3O3/c1-3-17-19(14-16-8-6-10-21(28)27(16)29)18-9-7-13-24(34-2)26(18)20(17)15-25(33)35-32-23-12-5-4-11-22(23)30-31-32/h4-14H,3,15H2,1-2H3/b19-14-. The van der Waals surface area contributed by atoms with Crippen LogP contribution in [0.25, 0.3) is 28.3 Å². The number of halogens is 2. The van der Waals surface area contributed by atoms with Crippen LogP contribution >= 0.6 is 23.2 Å². The molecule has 3 aromatic carbocycles. The first-order valence-electron chi connectivity index (χ1n) is 11.1. The fraction of sp³-hybridized carbons (Fsp3) is 0.148. The molecule has 1 aliphatic rings. The Morgan fingerprint density at radius 3 is 2.63 bits per heavy atom. The van der Waals surface area contributed by atoms with Crippen LogP contribution in [0.1, 0.15) is 36.5 Å². The largest absolute Gasteiger partial charge is 0.496 e. The third-order valence-electron chi connectivity index (χ3n) is 5.99. The van der Waals surface area contributed by atoms with E-state index in [0.717, 1.165) is 38.3 Å². The zero-order valence-corrected chi connectivity index (χ0v) is 20.6. The second kappa shape index (κ2) is 9.56. The van der Waals surface area contributed by atoms with E-state index in [2.05, 4.69) is 17.2 Å². The maximum absolute atomic E-state index is 13.1. The number of aromatic nitrogens is 3. The van der Waals surface area contributed by atoms with Gasteiger partial charge in [0.05, 0.1) is 23.6 Å². The lowest BCUT2D eigenvalue weighted by atomic mass is 9.98. The van der Waals surface area contributed by atoms with Gasteiger partial charge in [0, 0.05) is 5.56 Å². The Morgan fingerprint density at radius 2 is 1.83 bits per heavy atom. The fourth-order valence-electron chi connectivity index (χ4n) is 4.45. The Balaban J connectivity index is 1.58. The van der Waals surface area contributed by atoms with Crippen molar-refractivity contribution in [1.82, 2.24) is 15.2 Å². The second-order valence-electron chi connectivity index (χ2n) is 7.99. The van der Waals surface area contributed by atoms with Crippen LogP contribution in [0.15, 0.2) is 66.2 Å². The molecule has 6 nitrogen and oxygen atoms in total. The Labute approximate surface area is 212 Å². The number of hydrogen-bond acceptors (Lipinski definition) is 5. The lowest BCUT2D eigenvalue weighted by Gasteiger charge is -2.11. The summed E-state index contributed by atoms with van der Waals surface area (Å²) >= 11 is 12.7. The van der Waals surface area contributed by atoms with Crippen molar-refractivity contribution in [1.29, 1.82) is 0 Å². The Morgan fingerprint density at radius 1 is 1.03 bits per heavy atom. The number of methoxy groups -OCH3 is 1. The Bertz CT molecular complexity index is 1520. The van der Waals surface area contributed by atoms with Gasteiger partial charge in [-0.25, -0.2) is 4.79 Å². The number of para-hydroxylation sites is 1. The highest BCUT2D eigenvalue weighted by atomic mass is 35.5. The molecule has 1 aliphatic carbocycles. The molecule has 4 aromatic rings. The third-order valence-corrected chi connectivity index (χ3v) is 6.83. The first kappa shape index (κ1) is 23.1. The molecular formula is C27H21Cl2N3O3. The summed E-state index contributed by atoms with van der Waals surface area (Å²) in [5, 5.41) is 8.97. The monoisotopic (exact) mass is 505 g/mol. The van der Waals surface area contributed by atoms with E-state index in [1.807, 2.05) is 48.5 Å². The highest BCUT2D eigenvalue weighted by molar-refractivity contribution is 6.43. The van der Waals surface area contributed by atoms with Gasteiger partial charge in [0.1, 0.15) is 16.8 Å². The Kier molecular flexibility index (Phi) is 6.32. The molecule has 0 aliphatic heterocycles. The van der Waals surface area contributed by atoms with Gasteiger partial charge >= 0.3 is 5.97 Å². The van der Waals surface area contributed by atoms with Gasteiger partial charge in [-0.15, -0.1) is 5.10 Å². The molecule has 0 saturated heterocycles. The van der Waals surface area contributed by atoms with E-state index in [4.69, 9.17) is 32.8 Å². The van der Waals surface area contributed by atoms with Crippen molar-refractivity contribution in [2.45, 2.75) is 19.8 Å². The van der Waals surface area contributed by atoms with Crippen molar-refractivity contribution < 1.29 is 14.4 Å². The van der Waals surface area contributed by atoms with E-state index in [1.165, 1.54) is 0 Å². The minimum Gasteiger partial charge on any atom is -0.496 e. The molecule has 176 valence electrons. The topological polar surface area (TPSA) is 66.2 Å².